The summed E-state index contributed by atoms with van der Waals surface area (Å²) in [6, 6.07) is 14.1. The molecule has 0 heterocycles. The van der Waals surface area contributed by atoms with Gasteiger partial charge in [0.1, 0.15) is 0 Å². The molecular weight excluding hydrogens is 244 g/mol. The van der Waals surface area contributed by atoms with Crippen LogP contribution in [-0.2, 0) is 0 Å². The monoisotopic (exact) mass is 272 g/mol. The molecule has 2 rings (SSSR count). The number of nitrogens with zero attached hydrogens (tertiary/aromatic N) is 2. The SMILES string of the molecule is C.C.C.Cc1ccc(N=Nc2ccccc2C)cc1C. The van der Waals surface area contributed by atoms with Crippen LogP contribution >= 0.6 is 0 Å². The van der Waals surface area contributed by atoms with E-state index in [-0.39, 0.29) is 22.3 Å². The molecule has 2 aromatic carbocycles. The minimum absolute atomic E-state index is 0. The first-order valence-electron chi connectivity index (χ1n) is 5.71. The molecule has 0 bridgehead atoms. The third-order valence-electron chi connectivity index (χ3n) is 2.88. The highest BCUT2D eigenvalue weighted by Crippen LogP contribution is 2.22. The summed E-state index contributed by atoms with van der Waals surface area (Å²) in [6.45, 7) is 6.22. The zero-order valence-electron chi connectivity index (χ0n) is 10.4. The predicted molar refractivity (Wildman–Crippen MR) is 91.5 cm³/mol. The van der Waals surface area contributed by atoms with Crippen molar-refractivity contribution in [3.63, 3.8) is 0 Å². The summed E-state index contributed by atoms with van der Waals surface area (Å²) in [7, 11) is 0. The molecule has 0 unspecified atom stereocenters. The zero-order chi connectivity index (χ0) is 12.3. The van der Waals surface area contributed by atoms with Gasteiger partial charge in [0.25, 0.3) is 0 Å². The molecular formula is C18H28N2. The summed E-state index contributed by atoms with van der Waals surface area (Å²) in [6.07, 6.45) is 0. The molecule has 0 amide bonds. The molecule has 0 saturated carbocycles. The van der Waals surface area contributed by atoms with Gasteiger partial charge in [-0.2, -0.15) is 10.2 Å². The van der Waals surface area contributed by atoms with Gasteiger partial charge in [0.15, 0.2) is 0 Å². The summed E-state index contributed by atoms with van der Waals surface area (Å²) in [5.74, 6) is 0. The zero-order valence-corrected chi connectivity index (χ0v) is 10.4. The molecule has 0 N–H and O–H groups in total. The second-order valence-corrected chi connectivity index (χ2v) is 4.26. The molecule has 0 fully saturated rings. The molecule has 0 radical (unpaired) electrons. The first kappa shape index (κ1) is 20.4. The first-order chi connectivity index (χ1) is 8.16. The van der Waals surface area contributed by atoms with E-state index < -0.39 is 0 Å². The van der Waals surface area contributed by atoms with Crippen molar-refractivity contribution in [2.75, 3.05) is 0 Å². The van der Waals surface area contributed by atoms with Crippen molar-refractivity contribution >= 4 is 11.4 Å². The molecule has 2 heteroatoms. The Balaban J connectivity index is 0. The van der Waals surface area contributed by atoms with Crippen molar-refractivity contribution in [1.29, 1.82) is 0 Å². The highest BCUT2D eigenvalue weighted by Gasteiger charge is 1.96. The molecule has 110 valence electrons. The van der Waals surface area contributed by atoms with Crippen LogP contribution in [0.1, 0.15) is 39.0 Å². The van der Waals surface area contributed by atoms with Crippen molar-refractivity contribution in [2.45, 2.75) is 43.1 Å². The van der Waals surface area contributed by atoms with E-state index in [1.54, 1.807) is 0 Å². The Morgan fingerprint density at radius 2 is 1.30 bits per heavy atom. The van der Waals surface area contributed by atoms with Gasteiger partial charge in [0.05, 0.1) is 11.4 Å². The lowest BCUT2D eigenvalue weighted by molar-refractivity contribution is 1.20. The predicted octanol–water partition coefficient (Wildman–Crippen LogP) is 6.94. The van der Waals surface area contributed by atoms with E-state index >= 15 is 0 Å². The van der Waals surface area contributed by atoms with Crippen LogP contribution in [0.5, 0.6) is 0 Å². The van der Waals surface area contributed by atoms with Crippen LogP contribution in [0.25, 0.3) is 0 Å². The number of hydrogen-bond acceptors (Lipinski definition) is 2. The maximum atomic E-state index is 4.27. The molecule has 2 nitrogen and oxygen atoms in total. The summed E-state index contributed by atoms with van der Waals surface area (Å²) >= 11 is 0. The quantitative estimate of drug-likeness (QED) is 0.529. The molecule has 20 heavy (non-hydrogen) atoms. The third kappa shape index (κ3) is 4.96. The maximum absolute atomic E-state index is 4.27. The Kier molecular flexibility index (Phi) is 9.19. The maximum Gasteiger partial charge on any atom is 0.0886 e. The smallest absolute Gasteiger partial charge is 0.0886 e. The fourth-order valence-electron chi connectivity index (χ4n) is 1.58. The average Bonchev–Trinajstić information content (AvgIpc) is 2.32. The van der Waals surface area contributed by atoms with E-state index in [0.29, 0.717) is 0 Å². The van der Waals surface area contributed by atoms with Gasteiger partial charge >= 0.3 is 0 Å². The number of benzene rings is 2. The van der Waals surface area contributed by atoms with Crippen LogP contribution in [0.3, 0.4) is 0 Å². The summed E-state index contributed by atoms with van der Waals surface area (Å²) < 4.78 is 0. The normalized spacial score (nSPS) is 9.35. The summed E-state index contributed by atoms with van der Waals surface area (Å²) in [5.41, 5.74) is 5.48. The van der Waals surface area contributed by atoms with E-state index in [0.717, 1.165) is 16.9 Å². The van der Waals surface area contributed by atoms with Gasteiger partial charge < -0.3 is 0 Å². The fourth-order valence-corrected chi connectivity index (χ4v) is 1.58. The van der Waals surface area contributed by atoms with Gasteiger partial charge in [-0.15, -0.1) is 0 Å². The highest BCUT2D eigenvalue weighted by atomic mass is 15.1. The van der Waals surface area contributed by atoms with Gasteiger partial charge in [-0.05, 0) is 55.7 Å². The van der Waals surface area contributed by atoms with E-state index in [9.17, 15) is 0 Å². The van der Waals surface area contributed by atoms with Crippen molar-refractivity contribution in [3.8, 4) is 0 Å². The number of aryl methyl sites for hydroxylation is 3. The number of hydrogen-bond donors (Lipinski definition) is 0. The van der Waals surface area contributed by atoms with Gasteiger partial charge in [0.2, 0.25) is 0 Å². The highest BCUT2D eigenvalue weighted by molar-refractivity contribution is 5.47. The third-order valence-corrected chi connectivity index (χ3v) is 2.88. The molecule has 0 spiro atoms. The molecule has 0 atom stereocenters. The standard InChI is InChI=1S/C15H16N2.3CH4/c1-11-8-9-14(10-13(11)3)16-17-15-7-5-4-6-12(15)2;;;/h4-10H,1-3H3;3*1H4. The second kappa shape index (κ2) is 9.03. The van der Waals surface area contributed by atoms with Gasteiger partial charge in [0, 0.05) is 0 Å². The summed E-state index contributed by atoms with van der Waals surface area (Å²) in [4.78, 5) is 0. The molecule has 0 aliphatic rings. The minimum Gasteiger partial charge on any atom is -0.151 e. The van der Waals surface area contributed by atoms with Crippen LogP contribution in [0, 0.1) is 20.8 Å². The second-order valence-electron chi connectivity index (χ2n) is 4.26. The van der Waals surface area contributed by atoms with Crippen LogP contribution in [0.2, 0.25) is 0 Å². The molecule has 2 aromatic rings. The van der Waals surface area contributed by atoms with Crippen LogP contribution in [0.15, 0.2) is 52.7 Å². The van der Waals surface area contributed by atoms with Gasteiger partial charge in [-0.25, -0.2) is 0 Å². The summed E-state index contributed by atoms with van der Waals surface area (Å²) in [5, 5.41) is 8.54. The lowest BCUT2D eigenvalue weighted by Gasteiger charge is -2.00. The Bertz CT molecular complexity index is 557. The van der Waals surface area contributed by atoms with Gasteiger partial charge in [-0.3, -0.25) is 0 Å². The van der Waals surface area contributed by atoms with E-state index in [1.807, 2.05) is 37.3 Å². The largest absolute Gasteiger partial charge is 0.151 e. The number of rotatable bonds is 2. The van der Waals surface area contributed by atoms with E-state index in [4.69, 9.17) is 0 Å². The van der Waals surface area contributed by atoms with Crippen LogP contribution in [0.4, 0.5) is 11.4 Å². The van der Waals surface area contributed by atoms with Crippen molar-refractivity contribution in [2.24, 2.45) is 10.2 Å². The Morgan fingerprint density at radius 1 is 0.650 bits per heavy atom. The Morgan fingerprint density at radius 3 is 1.90 bits per heavy atom. The molecule has 0 aliphatic carbocycles. The Hall–Kier alpha value is -1.96. The van der Waals surface area contributed by atoms with Gasteiger partial charge in [-0.1, -0.05) is 46.5 Å². The average molecular weight is 272 g/mol. The topological polar surface area (TPSA) is 24.7 Å². The minimum atomic E-state index is 0. The van der Waals surface area contributed by atoms with Crippen LogP contribution in [-0.4, -0.2) is 0 Å². The van der Waals surface area contributed by atoms with Crippen molar-refractivity contribution in [3.05, 3.63) is 59.2 Å². The number of azo groups is 1. The molecule has 0 saturated heterocycles. The molecule has 0 aromatic heterocycles. The van der Waals surface area contributed by atoms with Crippen LogP contribution < -0.4 is 0 Å². The Labute approximate surface area is 124 Å². The van der Waals surface area contributed by atoms with Crippen molar-refractivity contribution in [1.82, 2.24) is 0 Å². The lowest BCUT2D eigenvalue weighted by atomic mass is 10.1. The first-order valence-corrected chi connectivity index (χ1v) is 5.71. The fraction of sp³-hybridized carbons (Fsp3) is 0.333. The van der Waals surface area contributed by atoms with E-state index in [1.165, 1.54) is 11.1 Å². The van der Waals surface area contributed by atoms with Crippen molar-refractivity contribution < 1.29 is 0 Å². The lowest BCUT2D eigenvalue weighted by Crippen LogP contribution is -1.77. The molecule has 0 aliphatic heterocycles. The van der Waals surface area contributed by atoms with E-state index in [2.05, 4.69) is 36.2 Å².